The van der Waals surface area contributed by atoms with Gasteiger partial charge >= 0.3 is 0 Å². The number of benzene rings is 1. The molecule has 1 aromatic carbocycles. The van der Waals surface area contributed by atoms with Gasteiger partial charge in [-0.2, -0.15) is 0 Å². The second kappa shape index (κ2) is 6.58. The molecular formula is C16H18ClN3O3. The van der Waals surface area contributed by atoms with Crippen molar-refractivity contribution in [2.75, 3.05) is 18.4 Å². The molecule has 2 N–H and O–H groups in total. The predicted octanol–water partition coefficient (Wildman–Crippen LogP) is 1.41. The summed E-state index contributed by atoms with van der Waals surface area (Å²) in [4.78, 5) is 38.2. The van der Waals surface area contributed by atoms with E-state index in [2.05, 4.69) is 10.6 Å². The molecule has 0 spiro atoms. The number of carbonyl (C=O) groups excluding carboxylic acids is 3. The quantitative estimate of drug-likeness (QED) is 0.873. The van der Waals surface area contributed by atoms with Gasteiger partial charge in [-0.25, -0.2) is 0 Å². The maximum Gasteiger partial charge on any atom is 0.243 e. The highest BCUT2D eigenvalue weighted by atomic mass is 35.5. The summed E-state index contributed by atoms with van der Waals surface area (Å²) in [6.45, 7) is 0.889. The Hall–Kier alpha value is -2.08. The van der Waals surface area contributed by atoms with E-state index >= 15 is 0 Å². The third kappa shape index (κ3) is 3.82. The molecule has 1 saturated heterocycles. The first-order chi connectivity index (χ1) is 11.0. The van der Waals surface area contributed by atoms with Gasteiger partial charge in [0.2, 0.25) is 17.7 Å². The minimum Gasteiger partial charge on any atom is -0.353 e. The van der Waals surface area contributed by atoms with Gasteiger partial charge in [0.25, 0.3) is 0 Å². The molecule has 7 heteroatoms. The Morgan fingerprint density at radius 3 is 2.83 bits per heavy atom. The lowest BCUT2D eigenvalue weighted by molar-refractivity contribution is -0.145. The maximum absolute atomic E-state index is 12.3. The number of nitrogens with zero attached hydrogens (tertiary/aromatic N) is 1. The van der Waals surface area contributed by atoms with E-state index in [1.165, 1.54) is 0 Å². The van der Waals surface area contributed by atoms with Crippen LogP contribution in [0.25, 0.3) is 0 Å². The molecule has 3 amide bonds. The van der Waals surface area contributed by atoms with Gasteiger partial charge in [0.15, 0.2) is 0 Å². The fraction of sp³-hybridized carbons (Fsp3) is 0.438. The molecule has 0 radical (unpaired) electrons. The van der Waals surface area contributed by atoms with Crippen molar-refractivity contribution in [1.82, 2.24) is 10.2 Å². The minimum absolute atomic E-state index is 0.0135. The first-order valence-electron chi connectivity index (χ1n) is 7.68. The normalized spacial score (nSPS) is 20.8. The SMILES string of the molecule is O=C(C[C@H]1C(=O)NCCN1C(=O)C1CC1)Nc1cccc(Cl)c1. The van der Waals surface area contributed by atoms with E-state index < -0.39 is 6.04 Å². The number of amides is 3. The average molecular weight is 336 g/mol. The van der Waals surface area contributed by atoms with Gasteiger partial charge in [0, 0.05) is 29.7 Å². The van der Waals surface area contributed by atoms with Crippen LogP contribution in [0.15, 0.2) is 24.3 Å². The lowest BCUT2D eigenvalue weighted by atomic mass is 10.1. The molecular weight excluding hydrogens is 318 g/mol. The molecule has 1 heterocycles. The third-order valence-electron chi connectivity index (χ3n) is 4.03. The number of rotatable bonds is 4. The molecule has 1 aliphatic heterocycles. The Kier molecular flexibility index (Phi) is 4.52. The van der Waals surface area contributed by atoms with Crippen LogP contribution in [-0.4, -0.2) is 41.8 Å². The van der Waals surface area contributed by atoms with E-state index in [1.807, 2.05) is 0 Å². The van der Waals surface area contributed by atoms with Crippen LogP contribution >= 0.6 is 11.6 Å². The standard InChI is InChI=1S/C16H18ClN3O3/c17-11-2-1-3-12(8-11)19-14(21)9-13-15(22)18-6-7-20(13)16(23)10-4-5-10/h1-3,8,10,13H,4-7,9H2,(H,18,22)(H,19,21)/t13-/m0/s1. The second-order valence-corrected chi connectivity index (χ2v) is 6.31. The summed E-state index contributed by atoms with van der Waals surface area (Å²) >= 11 is 5.88. The minimum atomic E-state index is -0.740. The Morgan fingerprint density at radius 1 is 1.35 bits per heavy atom. The highest BCUT2D eigenvalue weighted by Crippen LogP contribution is 2.32. The molecule has 2 fully saturated rings. The summed E-state index contributed by atoms with van der Waals surface area (Å²) in [6, 6.07) is 6.05. The van der Waals surface area contributed by atoms with Gasteiger partial charge in [-0.15, -0.1) is 0 Å². The molecule has 122 valence electrons. The third-order valence-corrected chi connectivity index (χ3v) is 4.26. The van der Waals surface area contributed by atoms with E-state index in [0.29, 0.717) is 23.8 Å². The highest BCUT2D eigenvalue weighted by molar-refractivity contribution is 6.30. The molecule has 1 aromatic rings. The lowest BCUT2D eigenvalue weighted by Gasteiger charge is -2.34. The topological polar surface area (TPSA) is 78.5 Å². The van der Waals surface area contributed by atoms with Crippen molar-refractivity contribution in [3.63, 3.8) is 0 Å². The summed E-state index contributed by atoms with van der Waals surface area (Å²) in [5.41, 5.74) is 0.568. The Labute approximate surface area is 139 Å². The fourth-order valence-corrected chi connectivity index (χ4v) is 2.89. The van der Waals surface area contributed by atoms with Gasteiger partial charge in [0.1, 0.15) is 6.04 Å². The van der Waals surface area contributed by atoms with Gasteiger partial charge in [-0.3, -0.25) is 14.4 Å². The van der Waals surface area contributed by atoms with Gasteiger partial charge in [-0.05, 0) is 31.0 Å². The Balaban J connectivity index is 1.66. The van der Waals surface area contributed by atoms with Crippen molar-refractivity contribution < 1.29 is 14.4 Å². The van der Waals surface area contributed by atoms with E-state index in [1.54, 1.807) is 29.2 Å². The first-order valence-corrected chi connectivity index (χ1v) is 8.06. The van der Waals surface area contributed by atoms with Crippen LogP contribution < -0.4 is 10.6 Å². The van der Waals surface area contributed by atoms with Gasteiger partial charge < -0.3 is 15.5 Å². The highest BCUT2D eigenvalue weighted by Gasteiger charge is 2.40. The van der Waals surface area contributed by atoms with Crippen LogP contribution in [0.4, 0.5) is 5.69 Å². The average Bonchev–Trinajstić information content (AvgIpc) is 3.33. The largest absolute Gasteiger partial charge is 0.353 e. The number of anilines is 1. The number of carbonyl (C=O) groups is 3. The summed E-state index contributed by atoms with van der Waals surface area (Å²) in [5.74, 6) is -0.575. The number of piperazine rings is 1. The molecule has 0 unspecified atom stereocenters. The van der Waals surface area contributed by atoms with Crippen molar-refractivity contribution in [3.05, 3.63) is 29.3 Å². The molecule has 2 aliphatic rings. The summed E-state index contributed by atoms with van der Waals surface area (Å²) < 4.78 is 0. The molecule has 0 bridgehead atoms. The van der Waals surface area contributed by atoms with E-state index in [9.17, 15) is 14.4 Å². The van der Waals surface area contributed by atoms with E-state index in [4.69, 9.17) is 11.6 Å². The Morgan fingerprint density at radius 2 is 2.13 bits per heavy atom. The van der Waals surface area contributed by atoms with Crippen LogP contribution in [0.1, 0.15) is 19.3 Å². The van der Waals surface area contributed by atoms with Crippen molar-refractivity contribution in [2.45, 2.75) is 25.3 Å². The van der Waals surface area contributed by atoms with E-state index in [0.717, 1.165) is 12.8 Å². The lowest BCUT2D eigenvalue weighted by Crippen LogP contribution is -2.58. The zero-order valence-electron chi connectivity index (χ0n) is 12.5. The number of hydrogen-bond donors (Lipinski definition) is 2. The first kappa shape index (κ1) is 15.8. The fourth-order valence-electron chi connectivity index (χ4n) is 2.70. The monoisotopic (exact) mass is 335 g/mol. The predicted molar refractivity (Wildman–Crippen MR) is 85.9 cm³/mol. The zero-order valence-corrected chi connectivity index (χ0v) is 13.3. The van der Waals surface area contributed by atoms with Crippen LogP contribution in [0, 0.1) is 5.92 Å². The van der Waals surface area contributed by atoms with E-state index in [-0.39, 0.29) is 30.1 Å². The molecule has 3 rings (SSSR count). The van der Waals surface area contributed by atoms with Crippen molar-refractivity contribution in [3.8, 4) is 0 Å². The number of halogens is 1. The van der Waals surface area contributed by atoms with Crippen molar-refractivity contribution in [2.24, 2.45) is 5.92 Å². The Bertz CT molecular complexity index is 645. The smallest absolute Gasteiger partial charge is 0.243 e. The second-order valence-electron chi connectivity index (χ2n) is 5.88. The van der Waals surface area contributed by atoms with Crippen LogP contribution in [0.3, 0.4) is 0 Å². The molecule has 1 aliphatic carbocycles. The van der Waals surface area contributed by atoms with Gasteiger partial charge in [0.05, 0.1) is 6.42 Å². The maximum atomic E-state index is 12.3. The number of hydrogen-bond acceptors (Lipinski definition) is 3. The molecule has 1 saturated carbocycles. The van der Waals surface area contributed by atoms with Crippen LogP contribution in [0.2, 0.25) is 5.02 Å². The molecule has 1 atom stereocenters. The number of nitrogens with one attached hydrogen (secondary N) is 2. The molecule has 0 aromatic heterocycles. The summed E-state index contributed by atoms with van der Waals surface area (Å²) in [5, 5.41) is 5.95. The van der Waals surface area contributed by atoms with Crippen molar-refractivity contribution in [1.29, 1.82) is 0 Å². The molecule has 6 nitrogen and oxygen atoms in total. The van der Waals surface area contributed by atoms with Crippen LogP contribution in [-0.2, 0) is 14.4 Å². The van der Waals surface area contributed by atoms with Crippen molar-refractivity contribution >= 4 is 35.0 Å². The summed E-state index contributed by atoms with van der Waals surface area (Å²) in [7, 11) is 0. The molecule has 23 heavy (non-hydrogen) atoms. The van der Waals surface area contributed by atoms with Gasteiger partial charge in [-0.1, -0.05) is 17.7 Å². The van der Waals surface area contributed by atoms with Crippen LogP contribution in [0.5, 0.6) is 0 Å². The summed E-state index contributed by atoms with van der Waals surface area (Å²) in [6.07, 6.45) is 1.69. The zero-order chi connectivity index (χ0) is 16.4.